The highest BCUT2D eigenvalue weighted by atomic mass is 16.5. The van der Waals surface area contributed by atoms with E-state index in [-0.39, 0.29) is 71.7 Å². The van der Waals surface area contributed by atoms with Crippen LogP contribution in [0.3, 0.4) is 0 Å². The summed E-state index contributed by atoms with van der Waals surface area (Å²) >= 11 is 0. The molecule has 10 nitrogen and oxygen atoms in total. The summed E-state index contributed by atoms with van der Waals surface area (Å²) in [4.78, 5) is 56.2. The minimum absolute atomic E-state index is 0.00245. The van der Waals surface area contributed by atoms with Crippen LogP contribution in [0.1, 0.15) is 93.1 Å². The number of nitrogens with zero attached hydrogens (tertiary/aromatic N) is 1. The monoisotopic (exact) mass is 727 g/mol. The fourth-order valence-electron chi connectivity index (χ4n) is 7.78. The van der Waals surface area contributed by atoms with Gasteiger partial charge in [0, 0.05) is 33.2 Å². The van der Waals surface area contributed by atoms with Gasteiger partial charge in [0.15, 0.2) is 5.78 Å². The van der Waals surface area contributed by atoms with Crippen molar-refractivity contribution >= 4 is 23.5 Å². The van der Waals surface area contributed by atoms with Crippen LogP contribution in [0, 0.1) is 35.5 Å². The molecule has 52 heavy (non-hydrogen) atoms. The summed E-state index contributed by atoms with van der Waals surface area (Å²) in [5.74, 6) is -0.924. The van der Waals surface area contributed by atoms with Crippen LogP contribution >= 0.6 is 0 Å². The molecule has 3 amide bonds. The molecule has 0 spiro atoms. The Hall–Kier alpha value is -3.08. The first-order valence-corrected chi connectivity index (χ1v) is 19.5. The van der Waals surface area contributed by atoms with Crippen molar-refractivity contribution in [1.29, 1.82) is 0 Å². The Labute approximate surface area is 314 Å². The number of hydrogen-bond acceptors (Lipinski definition) is 7. The number of amides is 3. The standard InChI is InChI=1S/C42H70N4O6/c1-13-28(6)33(24-29(7)30(8)39(48)37(26(2)3)45-42(50)38(43-10)27(4)5)35(51-11)25-36(47)46-23-17-20-34(46)40(52-12)31(9)41(49)44-22-21-32-18-15-14-16-19-32/h14-16,18-19,26,28-31,33-35,37-38,40,43H,4,13,17,20-25H2,1-3,5-12H3,(H,44,49)(H,45,50). The Balaban J connectivity index is 2.14. The van der Waals surface area contributed by atoms with Gasteiger partial charge >= 0.3 is 0 Å². The topological polar surface area (TPSA) is 126 Å². The Kier molecular flexibility index (Phi) is 19.3. The Morgan fingerprint density at radius 2 is 1.60 bits per heavy atom. The molecule has 3 N–H and O–H groups in total. The molecule has 10 atom stereocenters. The van der Waals surface area contributed by atoms with Gasteiger partial charge in [0.1, 0.15) is 6.04 Å². The summed E-state index contributed by atoms with van der Waals surface area (Å²) in [5.41, 5.74) is 1.84. The lowest BCUT2D eigenvalue weighted by Crippen LogP contribution is -2.53. The van der Waals surface area contributed by atoms with Gasteiger partial charge in [0.25, 0.3) is 0 Å². The van der Waals surface area contributed by atoms with Crippen molar-refractivity contribution in [1.82, 2.24) is 20.9 Å². The van der Waals surface area contributed by atoms with Crippen molar-refractivity contribution < 1.29 is 28.7 Å². The van der Waals surface area contributed by atoms with Gasteiger partial charge < -0.3 is 30.3 Å². The molecule has 0 aliphatic carbocycles. The van der Waals surface area contributed by atoms with Gasteiger partial charge in [-0.05, 0) is 68.9 Å². The number of ether oxygens (including phenoxy) is 2. The van der Waals surface area contributed by atoms with Gasteiger partial charge in [0.05, 0.1) is 36.6 Å². The summed E-state index contributed by atoms with van der Waals surface area (Å²) in [7, 11) is 4.99. The first-order valence-electron chi connectivity index (χ1n) is 19.5. The molecule has 1 aromatic rings. The third-order valence-electron chi connectivity index (χ3n) is 11.5. The molecule has 0 bridgehead atoms. The molecule has 10 heteroatoms. The largest absolute Gasteiger partial charge is 0.381 e. The molecule has 1 aliphatic heterocycles. The molecule has 1 heterocycles. The first-order chi connectivity index (χ1) is 24.6. The number of Topliss-reactive ketones (excluding diaryl/α,β-unsaturated/α-hetero) is 1. The van der Waals surface area contributed by atoms with Gasteiger partial charge in [-0.15, -0.1) is 0 Å². The summed E-state index contributed by atoms with van der Waals surface area (Å²) in [6, 6.07) is 8.64. The van der Waals surface area contributed by atoms with Gasteiger partial charge in [0.2, 0.25) is 17.7 Å². The smallest absolute Gasteiger partial charge is 0.241 e. The molecular formula is C42H70N4O6. The van der Waals surface area contributed by atoms with Crippen LogP contribution < -0.4 is 16.0 Å². The van der Waals surface area contributed by atoms with Gasteiger partial charge in [-0.2, -0.15) is 0 Å². The van der Waals surface area contributed by atoms with Crippen molar-refractivity contribution in [2.24, 2.45) is 35.5 Å². The second-order valence-corrected chi connectivity index (χ2v) is 15.5. The zero-order valence-corrected chi connectivity index (χ0v) is 34.0. The summed E-state index contributed by atoms with van der Waals surface area (Å²) in [6.45, 7) is 21.0. The number of likely N-dealkylation sites (N-methyl/N-ethyl adjacent to an activating group) is 1. The average molecular weight is 727 g/mol. The minimum Gasteiger partial charge on any atom is -0.381 e. The number of likely N-dealkylation sites (tertiary alicyclic amines) is 1. The molecule has 0 saturated carbocycles. The molecule has 1 aromatic carbocycles. The van der Waals surface area contributed by atoms with E-state index in [2.05, 4.69) is 43.3 Å². The molecule has 0 aromatic heterocycles. The molecule has 294 valence electrons. The van der Waals surface area contributed by atoms with Crippen LogP contribution in [0.15, 0.2) is 42.5 Å². The number of nitrogens with one attached hydrogen (secondary N) is 3. The Morgan fingerprint density at radius 3 is 2.13 bits per heavy atom. The third kappa shape index (κ3) is 12.5. The highest BCUT2D eigenvalue weighted by Crippen LogP contribution is 2.35. The summed E-state index contributed by atoms with van der Waals surface area (Å²) < 4.78 is 12.0. The molecule has 10 unspecified atom stereocenters. The molecule has 1 fully saturated rings. The number of benzene rings is 1. The number of methoxy groups -OCH3 is 2. The van der Waals surface area contributed by atoms with Gasteiger partial charge in [-0.3, -0.25) is 19.2 Å². The zero-order chi connectivity index (χ0) is 39.1. The van der Waals surface area contributed by atoms with Crippen LogP contribution in [-0.2, 0) is 35.1 Å². The molecular weight excluding hydrogens is 656 g/mol. The van der Waals surface area contributed by atoms with Crippen molar-refractivity contribution in [3.05, 3.63) is 48.0 Å². The minimum atomic E-state index is -0.629. The van der Waals surface area contributed by atoms with E-state index in [1.165, 1.54) is 0 Å². The Morgan fingerprint density at radius 1 is 0.942 bits per heavy atom. The lowest BCUT2D eigenvalue weighted by Gasteiger charge is -2.37. The van der Waals surface area contributed by atoms with Gasteiger partial charge in [-0.1, -0.05) is 97.4 Å². The number of carbonyl (C=O) groups excluding carboxylic acids is 4. The highest BCUT2D eigenvalue weighted by Gasteiger charge is 2.42. The second-order valence-electron chi connectivity index (χ2n) is 15.5. The van der Waals surface area contributed by atoms with Crippen LogP contribution in [0.4, 0.5) is 0 Å². The van der Waals surface area contributed by atoms with Crippen LogP contribution in [0.5, 0.6) is 0 Å². The van der Waals surface area contributed by atoms with Crippen molar-refractivity contribution in [3.8, 4) is 0 Å². The number of carbonyl (C=O) groups is 4. The second kappa shape index (κ2) is 22.2. The highest BCUT2D eigenvalue weighted by molar-refractivity contribution is 5.93. The van der Waals surface area contributed by atoms with Crippen LogP contribution in [0.2, 0.25) is 0 Å². The van der Waals surface area contributed by atoms with E-state index in [1.807, 2.05) is 62.9 Å². The quantitative estimate of drug-likeness (QED) is 0.126. The number of ketones is 1. The molecule has 2 rings (SSSR count). The van der Waals surface area contributed by atoms with Crippen LogP contribution in [-0.4, -0.2) is 93.1 Å². The van der Waals surface area contributed by atoms with E-state index in [9.17, 15) is 19.2 Å². The maximum Gasteiger partial charge on any atom is 0.241 e. The summed E-state index contributed by atoms with van der Waals surface area (Å²) in [6.07, 6.45) is 3.38. The van der Waals surface area contributed by atoms with E-state index in [0.717, 1.165) is 31.2 Å². The third-order valence-corrected chi connectivity index (χ3v) is 11.5. The lowest BCUT2D eigenvalue weighted by molar-refractivity contribution is -0.143. The van der Waals surface area contributed by atoms with Crippen molar-refractivity contribution in [3.63, 3.8) is 0 Å². The predicted octanol–water partition coefficient (Wildman–Crippen LogP) is 5.59. The van der Waals surface area contributed by atoms with E-state index >= 15 is 0 Å². The fourth-order valence-corrected chi connectivity index (χ4v) is 7.78. The fraction of sp³-hybridized carbons (Fsp3) is 0.714. The molecule has 1 aliphatic rings. The van der Waals surface area contributed by atoms with E-state index in [4.69, 9.17) is 9.47 Å². The number of hydrogen-bond donors (Lipinski definition) is 3. The lowest BCUT2D eigenvalue weighted by atomic mass is 9.74. The van der Waals surface area contributed by atoms with Crippen molar-refractivity contribution in [2.75, 3.05) is 34.4 Å². The van der Waals surface area contributed by atoms with Gasteiger partial charge in [-0.25, -0.2) is 0 Å². The zero-order valence-electron chi connectivity index (χ0n) is 34.0. The SMILES string of the molecule is C=C(C)C(NC)C(=O)NC(C(=O)C(C)C(C)CC(C(C)CC)C(CC(=O)N1CCCC1C(OC)C(C)C(=O)NCCc1ccccc1)OC)C(C)C. The van der Waals surface area contributed by atoms with E-state index < -0.39 is 24.1 Å². The average Bonchev–Trinajstić information content (AvgIpc) is 3.61. The normalized spacial score (nSPS) is 19.8. The maximum atomic E-state index is 14.1. The van der Waals surface area contributed by atoms with Crippen molar-refractivity contribution in [2.45, 2.75) is 124 Å². The Bertz CT molecular complexity index is 1290. The number of rotatable bonds is 23. The van der Waals surface area contributed by atoms with Crippen LogP contribution in [0.25, 0.3) is 0 Å². The van der Waals surface area contributed by atoms with E-state index in [1.54, 1.807) is 28.2 Å². The predicted molar refractivity (Wildman–Crippen MR) is 209 cm³/mol. The summed E-state index contributed by atoms with van der Waals surface area (Å²) in [5, 5.41) is 9.03. The molecule has 0 radical (unpaired) electrons. The maximum absolute atomic E-state index is 14.1. The van der Waals surface area contributed by atoms with E-state index in [0.29, 0.717) is 25.1 Å². The molecule has 1 saturated heterocycles. The first kappa shape index (κ1) is 45.1.